The van der Waals surface area contributed by atoms with Crippen LogP contribution in [0.15, 0.2) is 0 Å². The van der Waals surface area contributed by atoms with Gasteiger partial charge in [0.05, 0.1) is 54.5 Å². The number of rotatable bonds is 29. The molecule has 0 amide bonds. The second-order valence-corrected chi connectivity index (χ2v) is 13.4. The van der Waals surface area contributed by atoms with Gasteiger partial charge in [-0.05, 0) is 38.5 Å². The summed E-state index contributed by atoms with van der Waals surface area (Å²) < 4.78 is 12.4. The van der Waals surface area contributed by atoms with Crippen LogP contribution in [0.4, 0.5) is 0 Å². The first kappa shape index (κ1) is 38.9. The van der Waals surface area contributed by atoms with Crippen LogP contribution >= 0.6 is 0 Å². The van der Waals surface area contributed by atoms with E-state index in [1.807, 2.05) is 0 Å². The highest BCUT2D eigenvalue weighted by atomic mass is 16.5. The monoisotopic (exact) mass is 571 g/mol. The molecule has 0 aromatic heterocycles. The molecule has 0 saturated carbocycles. The van der Waals surface area contributed by atoms with Crippen molar-refractivity contribution in [1.82, 2.24) is 0 Å². The first-order valence-corrected chi connectivity index (χ1v) is 17.1. The molecule has 0 rings (SSSR count). The first-order valence-electron chi connectivity index (χ1n) is 17.1. The van der Waals surface area contributed by atoms with E-state index in [1.54, 1.807) is 0 Å². The van der Waals surface area contributed by atoms with Crippen LogP contribution in [-0.4, -0.2) is 88.5 Å². The van der Waals surface area contributed by atoms with Crippen molar-refractivity contribution in [2.45, 2.75) is 142 Å². The number of ether oxygens (including phenoxy) is 2. The lowest BCUT2D eigenvalue weighted by atomic mass is 10.1. The van der Waals surface area contributed by atoms with Gasteiger partial charge in [-0.15, -0.1) is 0 Å². The summed E-state index contributed by atoms with van der Waals surface area (Å²) >= 11 is 0. The lowest BCUT2D eigenvalue weighted by molar-refractivity contribution is -0.884. The quantitative estimate of drug-likeness (QED) is 0.0518. The van der Waals surface area contributed by atoms with Crippen molar-refractivity contribution in [2.75, 3.05) is 67.6 Å². The Bertz CT molecular complexity index is 555. The van der Waals surface area contributed by atoms with Gasteiger partial charge < -0.3 is 18.4 Å². The molecule has 0 unspecified atom stereocenters. The topological polar surface area (TPSA) is 52.6 Å². The average Bonchev–Trinajstić information content (AvgIpc) is 2.88. The molecule has 0 saturated heterocycles. The van der Waals surface area contributed by atoms with E-state index in [2.05, 4.69) is 42.0 Å². The third-order valence-corrected chi connectivity index (χ3v) is 7.91. The average molecular weight is 571 g/mol. The van der Waals surface area contributed by atoms with Gasteiger partial charge in [0.25, 0.3) is 0 Å². The van der Waals surface area contributed by atoms with E-state index in [-0.39, 0.29) is 11.9 Å². The molecule has 0 bridgehead atoms. The molecule has 0 radical (unpaired) electrons. The highest BCUT2D eigenvalue weighted by Gasteiger charge is 2.22. The summed E-state index contributed by atoms with van der Waals surface area (Å²) in [4.78, 5) is 24.6. The summed E-state index contributed by atoms with van der Waals surface area (Å²) in [5.41, 5.74) is 0. The Hall–Kier alpha value is -1.14. The van der Waals surface area contributed by atoms with Gasteiger partial charge in [-0.2, -0.15) is 0 Å². The maximum absolute atomic E-state index is 12.3. The Morgan fingerprint density at radius 2 is 0.700 bits per heavy atom. The summed E-state index contributed by atoms with van der Waals surface area (Å²) in [5, 5.41) is 0. The van der Waals surface area contributed by atoms with E-state index in [0.29, 0.717) is 35.3 Å². The molecule has 0 N–H and O–H groups in total. The molecule has 238 valence electrons. The number of unbranched alkanes of at least 4 members (excludes halogenated alkanes) is 17. The molecule has 0 aliphatic heterocycles. The van der Waals surface area contributed by atoms with Crippen molar-refractivity contribution in [1.29, 1.82) is 0 Å². The lowest BCUT2D eigenvalue weighted by Gasteiger charge is -2.29. The predicted octanol–water partition coefficient (Wildman–Crippen LogP) is 8.07. The molecule has 0 aromatic rings. The number of carbonyl (C=O) groups is 2. The van der Waals surface area contributed by atoms with Crippen LogP contribution in [0.3, 0.4) is 0 Å². The molecule has 0 atom stereocenters. The minimum Gasteiger partial charge on any atom is -0.462 e. The normalized spacial score (nSPS) is 12.1. The summed E-state index contributed by atoms with van der Waals surface area (Å²) in [6, 6.07) is 0. The fraction of sp³-hybridized carbons (Fsp3) is 0.941. The standard InChI is InChI=1S/C34H70N2O4/c1-7-9-11-13-15-17-21-25-29-39-33(37)31-35(3,4)27-23-19-20-24-28-36(5,6)32-34(38)40-30-26-22-18-16-14-12-10-8-2/h7-32H2,1-6H3/q+2. The Balaban J connectivity index is 3.77. The van der Waals surface area contributed by atoms with Crippen LogP contribution in [0.1, 0.15) is 142 Å². The highest BCUT2D eigenvalue weighted by molar-refractivity contribution is 5.70. The Labute approximate surface area is 249 Å². The van der Waals surface area contributed by atoms with Gasteiger partial charge in [0.2, 0.25) is 0 Å². The molecule has 0 heterocycles. The summed E-state index contributed by atoms with van der Waals surface area (Å²) in [5.74, 6) is -0.136. The third kappa shape index (κ3) is 27.1. The van der Waals surface area contributed by atoms with Crippen LogP contribution in [0.25, 0.3) is 0 Å². The van der Waals surface area contributed by atoms with E-state index in [9.17, 15) is 9.59 Å². The molecule has 0 aliphatic carbocycles. The van der Waals surface area contributed by atoms with Gasteiger partial charge in [-0.25, -0.2) is 9.59 Å². The minimum atomic E-state index is -0.0682. The second-order valence-electron chi connectivity index (χ2n) is 13.4. The fourth-order valence-corrected chi connectivity index (χ4v) is 5.23. The van der Waals surface area contributed by atoms with Crippen LogP contribution in [0.2, 0.25) is 0 Å². The van der Waals surface area contributed by atoms with E-state index in [1.165, 1.54) is 77.0 Å². The molecular weight excluding hydrogens is 500 g/mol. The van der Waals surface area contributed by atoms with Crippen LogP contribution in [0.5, 0.6) is 0 Å². The number of quaternary nitrogens is 2. The van der Waals surface area contributed by atoms with Gasteiger partial charge in [0.15, 0.2) is 13.1 Å². The van der Waals surface area contributed by atoms with Crippen LogP contribution in [-0.2, 0) is 19.1 Å². The number of hydrogen-bond donors (Lipinski definition) is 0. The van der Waals surface area contributed by atoms with Crippen molar-refractivity contribution in [3.8, 4) is 0 Å². The number of esters is 2. The van der Waals surface area contributed by atoms with E-state index >= 15 is 0 Å². The first-order chi connectivity index (χ1) is 19.1. The minimum absolute atomic E-state index is 0.0682. The summed E-state index contributed by atoms with van der Waals surface area (Å²) in [6.45, 7) is 8.48. The summed E-state index contributed by atoms with van der Waals surface area (Å²) in [6.07, 6.45) is 24.6. The molecule has 0 aromatic carbocycles. The number of carbonyl (C=O) groups excluding carboxylic acids is 2. The molecule has 0 fully saturated rings. The number of nitrogens with zero attached hydrogens (tertiary/aromatic N) is 2. The van der Waals surface area contributed by atoms with E-state index in [4.69, 9.17) is 9.47 Å². The third-order valence-electron chi connectivity index (χ3n) is 7.91. The highest BCUT2D eigenvalue weighted by Crippen LogP contribution is 2.11. The zero-order valence-electron chi connectivity index (χ0n) is 27.9. The summed E-state index contributed by atoms with van der Waals surface area (Å²) in [7, 11) is 8.49. The largest absolute Gasteiger partial charge is 0.462 e. The second kappa shape index (κ2) is 25.6. The molecule has 6 heteroatoms. The van der Waals surface area contributed by atoms with Crippen LogP contribution < -0.4 is 0 Å². The van der Waals surface area contributed by atoms with Gasteiger partial charge in [-0.1, -0.05) is 104 Å². The lowest BCUT2D eigenvalue weighted by Crippen LogP contribution is -2.45. The fourth-order valence-electron chi connectivity index (χ4n) is 5.23. The van der Waals surface area contributed by atoms with Gasteiger partial charge in [-0.3, -0.25) is 0 Å². The molecular formula is C34H70N2O4+2. The van der Waals surface area contributed by atoms with E-state index in [0.717, 1.165) is 64.5 Å². The maximum Gasteiger partial charge on any atom is 0.361 e. The zero-order valence-corrected chi connectivity index (χ0v) is 27.9. The number of likely N-dealkylation sites (N-methyl/N-ethyl adjacent to an activating group) is 2. The van der Waals surface area contributed by atoms with Gasteiger partial charge in [0.1, 0.15) is 0 Å². The SMILES string of the molecule is CCCCCCCCCCOC(=O)C[N+](C)(C)CCCCCC[N+](C)(C)CC(=O)OCCCCCCCCCC. The van der Waals surface area contributed by atoms with Crippen molar-refractivity contribution >= 4 is 11.9 Å². The van der Waals surface area contributed by atoms with Crippen molar-refractivity contribution in [3.05, 3.63) is 0 Å². The van der Waals surface area contributed by atoms with Gasteiger partial charge in [0, 0.05) is 0 Å². The zero-order chi connectivity index (χ0) is 30.0. The van der Waals surface area contributed by atoms with Crippen molar-refractivity contribution < 1.29 is 28.0 Å². The van der Waals surface area contributed by atoms with Crippen molar-refractivity contribution in [3.63, 3.8) is 0 Å². The molecule has 0 spiro atoms. The number of hydrogen-bond acceptors (Lipinski definition) is 4. The Morgan fingerprint density at radius 1 is 0.425 bits per heavy atom. The Morgan fingerprint density at radius 3 is 1.02 bits per heavy atom. The predicted molar refractivity (Wildman–Crippen MR) is 169 cm³/mol. The molecule has 0 aliphatic rings. The van der Waals surface area contributed by atoms with Crippen molar-refractivity contribution in [2.24, 2.45) is 0 Å². The molecule has 40 heavy (non-hydrogen) atoms. The smallest absolute Gasteiger partial charge is 0.361 e. The van der Waals surface area contributed by atoms with Crippen LogP contribution in [0, 0.1) is 0 Å². The van der Waals surface area contributed by atoms with E-state index < -0.39 is 0 Å². The Kier molecular flexibility index (Phi) is 24.8. The maximum atomic E-state index is 12.3. The molecule has 6 nitrogen and oxygen atoms in total. The van der Waals surface area contributed by atoms with Gasteiger partial charge >= 0.3 is 11.9 Å².